The number of carbonyl (C=O) groups is 2. The first-order valence-electron chi connectivity index (χ1n) is 4.92. The highest BCUT2D eigenvalue weighted by Gasteiger charge is 2.39. The number of halogens is 3. The minimum absolute atomic E-state index is 0.176. The summed E-state index contributed by atoms with van der Waals surface area (Å²) in [6, 6.07) is 5.30. The lowest BCUT2D eigenvalue weighted by Crippen LogP contribution is -2.31. The van der Waals surface area contributed by atoms with E-state index in [9.17, 15) is 9.59 Å². The van der Waals surface area contributed by atoms with Gasteiger partial charge in [-0.2, -0.15) is 0 Å². The van der Waals surface area contributed by atoms with Gasteiger partial charge in [0.1, 0.15) is 0 Å². The molecule has 90 valence electrons. The molecule has 1 aromatic carbocycles. The van der Waals surface area contributed by atoms with Gasteiger partial charge in [-0.3, -0.25) is 9.59 Å². The summed E-state index contributed by atoms with van der Waals surface area (Å²) < 4.78 is 1.57. The van der Waals surface area contributed by atoms with Crippen LogP contribution in [0.3, 0.4) is 0 Å². The molecule has 1 aliphatic rings. The van der Waals surface area contributed by atoms with Gasteiger partial charge in [-0.1, -0.05) is 15.9 Å². The molecule has 0 bridgehead atoms. The normalized spacial score (nSPS) is 20.2. The smallest absolute Gasteiger partial charge is 0.238 e. The third kappa shape index (κ3) is 2.41. The third-order valence-electron chi connectivity index (χ3n) is 2.58. The van der Waals surface area contributed by atoms with Crippen molar-refractivity contribution in [3.63, 3.8) is 0 Å². The monoisotopic (exact) mass is 379 g/mol. The summed E-state index contributed by atoms with van der Waals surface area (Å²) in [7, 11) is 0. The van der Waals surface area contributed by atoms with Crippen molar-refractivity contribution < 1.29 is 9.59 Å². The van der Waals surface area contributed by atoms with E-state index in [0.717, 1.165) is 4.47 Å². The lowest BCUT2D eigenvalue weighted by molar-refractivity contribution is -0.122. The number of amides is 2. The van der Waals surface area contributed by atoms with Crippen LogP contribution in [0.5, 0.6) is 0 Å². The number of alkyl halides is 1. The molecule has 2 rings (SSSR count). The van der Waals surface area contributed by atoms with Crippen LogP contribution in [0.1, 0.15) is 6.42 Å². The van der Waals surface area contributed by atoms with E-state index in [1.165, 1.54) is 4.90 Å². The van der Waals surface area contributed by atoms with Gasteiger partial charge in [-0.05, 0) is 34.1 Å². The Morgan fingerprint density at radius 1 is 1.35 bits per heavy atom. The topological polar surface area (TPSA) is 37.4 Å². The van der Waals surface area contributed by atoms with Crippen LogP contribution in [-0.4, -0.2) is 17.7 Å². The number of anilines is 1. The quantitative estimate of drug-likeness (QED) is 0.582. The Balaban J connectivity index is 2.40. The van der Waals surface area contributed by atoms with Crippen LogP contribution in [0.2, 0.25) is 0 Å². The second-order valence-electron chi connectivity index (χ2n) is 3.72. The molecule has 1 fully saturated rings. The lowest BCUT2D eigenvalue weighted by Gasteiger charge is -2.16. The van der Waals surface area contributed by atoms with Gasteiger partial charge in [0.25, 0.3) is 0 Å². The average molecular weight is 381 g/mol. The van der Waals surface area contributed by atoms with E-state index < -0.39 is 5.92 Å². The van der Waals surface area contributed by atoms with Gasteiger partial charge in [0, 0.05) is 21.2 Å². The molecule has 1 heterocycles. The van der Waals surface area contributed by atoms with Crippen molar-refractivity contribution in [3.8, 4) is 0 Å². The fourth-order valence-electron chi connectivity index (χ4n) is 1.73. The third-order valence-corrected chi connectivity index (χ3v) is 4.08. The molecular weight excluding hydrogens is 373 g/mol. The van der Waals surface area contributed by atoms with E-state index in [-0.39, 0.29) is 24.1 Å². The summed E-state index contributed by atoms with van der Waals surface area (Å²) in [6.45, 7) is 0. The average Bonchev–Trinajstić information content (AvgIpc) is 2.55. The molecule has 1 atom stereocenters. The molecule has 3 nitrogen and oxygen atoms in total. The Morgan fingerprint density at radius 2 is 2.06 bits per heavy atom. The Hall–Kier alpha value is -0.390. The number of hydrogen-bond donors (Lipinski definition) is 0. The zero-order valence-electron chi connectivity index (χ0n) is 8.62. The number of imide groups is 1. The van der Waals surface area contributed by atoms with Gasteiger partial charge >= 0.3 is 0 Å². The molecule has 1 aliphatic heterocycles. The van der Waals surface area contributed by atoms with Gasteiger partial charge in [0.15, 0.2) is 0 Å². The number of carbonyl (C=O) groups excluding carboxylic acids is 2. The van der Waals surface area contributed by atoms with Crippen molar-refractivity contribution in [2.24, 2.45) is 5.92 Å². The standard InChI is InChI=1S/C11H8Br2ClNO2/c12-7-1-2-9(8(13)4-7)15-10(16)3-6(5-14)11(15)17/h1-2,4,6H,3,5H2. The van der Waals surface area contributed by atoms with E-state index in [1.807, 2.05) is 0 Å². The fraction of sp³-hybridized carbons (Fsp3) is 0.273. The zero-order valence-corrected chi connectivity index (χ0v) is 12.5. The first kappa shape index (κ1) is 13.1. The molecule has 0 saturated carbocycles. The van der Waals surface area contributed by atoms with Crippen LogP contribution in [0.4, 0.5) is 5.69 Å². The molecule has 1 aromatic rings. The summed E-state index contributed by atoms with van der Waals surface area (Å²) in [5.74, 6) is -0.661. The predicted molar refractivity (Wildman–Crippen MR) is 73.2 cm³/mol. The molecule has 2 amide bonds. The summed E-state index contributed by atoms with van der Waals surface area (Å²) >= 11 is 12.3. The molecular formula is C11H8Br2ClNO2. The van der Waals surface area contributed by atoms with E-state index in [4.69, 9.17) is 11.6 Å². The Morgan fingerprint density at radius 3 is 2.59 bits per heavy atom. The Labute approximate surface area is 120 Å². The summed E-state index contributed by atoms with van der Waals surface area (Å²) in [5.41, 5.74) is 0.566. The second kappa shape index (κ2) is 5.08. The van der Waals surface area contributed by atoms with E-state index in [2.05, 4.69) is 31.9 Å². The van der Waals surface area contributed by atoms with E-state index in [0.29, 0.717) is 10.2 Å². The summed E-state index contributed by atoms with van der Waals surface area (Å²) in [6.07, 6.45) is 0.185. The molecule has 0 spiro atoms. The highest BCUT2D eigenvalue weighted by Crippen LogP contribution is 2.34. The minimum Gasteiger partial charge on any atom is -0.274 e. The van der Waals surface area contributed by atoms with Crippen molar-refractivity contribution in [3.05, 3.63) is 27.1 Å². The number of benzene rings is 1. The molecule has 6 heteroatoms. The minimum atomic E-state index is -0.403. The van der Waals surface area contributed by atoms with E-state index in [1.54, 1.807) is 18.2 Å². The van der Waals surface area contributed by atoms with Crippen LogP contribution < -0.4 is 4.90 Å². The van der Waals surface area contributed by atoms with Gasteiger partial charge in [-0.25, -0.2) is 4.90 Å². The Bertz CT molecular complexity index is 492. The SMILES string of the molecule is O=C1CC(CCl)C(=O)N1c1ccc(Br)cc1Br. The van der Waals surface area contributed by atoms with Crippen molar-refractivity contribution >= 4 is 61.0 Å². The highest BCUT2D eigenvalue weighted by atomic mass is 79.9. The van der Waals surface area contributed by atoms with Gasteiger partial charge < -0.3 is 0 Å². The maximum atomic E-state index is 12.0. The molecule has 1 saturated heterocycles. The van der Waals surface area contributed by atoms with Gasteiger partial charge in [-0.15, -0.1) is 11.6 Å². The first-order chi connectivity index (χ1) is 8.04. The van der Waals surface area contributed by atoms with Crippen LogP contribution in [0, 0.1) is 5.92 Å². The van der Waals surface area contributed by atoms with E-state index >= 15 is 0 Å². The summed E-state index contributed by atoms with van der Waals surface area (Å²) in [4.78, 5) is 25.0. The van der Waals surface area contributed by atoms with Crippen molar-refractivity contribution in [2.75, 3.05) is 10.8 Å². The van der Waals surface area contributed by atoms with Crippen molar-refractivity contribution in [1.29, 1.82) is 0 Å². The molecule has 0 aromatic heterocycles. The van der Waals surface area contributed by atoms with Crippen LogP contribution in [-0.2, 0) is 9.59 Å². The van der Waals surface area contributed by atoms with Crippen LogP contribution >= 0.6 is 43.5 Å². The van der Waals surface area contributed by atoms with Crippen LogP contribution in [0.15, 0.2) is 27.1 Å². The van der Waals surface area contributed by atoms with Crippen molar-refractivity contribution in [1.82, 2.24) is 0 Å². The van der Waals surface area contributed by atoms with Gasteiger partial charge in [0.05, 0.1) is 11.6 Å². The molecule has 0 N–H and O–H groups in total. The Kier molecular flexibility index (Phi) is 3.90. The maximum absolute atomic E-state index is 12.0. The molecule has 17 heavy (non-hydrogen) atoms. The lowest BCUT2D eigenvalue weighted by atomic mass is 10.1. The second-order valence-corrected chi connectivity index (χ2v) is 5.80. The predicted octanol–water partition coefficient (Wildman–Crippen LogP) is 3.33. The largest absolute Gasteiger partial charge is 0.274 e. The summed E-state index contributed by atoms with van der Waals surface area (Å²) in [5, 5.41) is 0. The van der Waals surface area contributed by atoms with Crippen LogP contribution in [0.25, 0.3) is 0 Å². The highest BCUT2D eigenvalue weighted by molar-refractivity contribution is 9.11. The number of rotatable bonds is 2. The van der Waals surface area contributed by atoms with Crippen molar-refractivity contribution in [2.45, 2.75) is 6.42 Å². The van der Waals surface area contributed by atoms with Gasteiger partial charge in [0.2, 0.25) is 11.8 Å². The molecule has 1 unspecified atom stereocenters. The molecule has 0 radical (unpaired) electrons. The number of hydrogen-bond acceptors (Lipinski definition) is 2. The molecule has 0 aliphatic carbocycles. The zero-order chi connectivity index (χ0) is 12.6. The first-order valence-corrected chi connectivity index (χ1v) is 7.04. The number of nitrogens with zero attached hydrogens (tertiary/aromatic N) is 1. The fourth-order valence-corrected chi connectivity index (χ4v) is 3.20. The maximum Gasteiger partial charge on any atom is 0.238 e.